The molecular weight excluding hydrogens is 745 g/mol. The number of nitrogens with one attached hydrogen (secondary N) is 4. The Hall–Kier alpha value is -5.18. The first-order valence-electron chi connectivity index (χ1n) is 20.2. The highest BCUT2D eigenvalue weighted by Crippen LogP contribution is 2.37. The molecular formula is C46H58F4N6O2. The predicted molar refractivity (Wildman–Crippen MR) is 225 cm³/mol. The fourth-order valence-electron chi connectivity index (χ4n) is 6.75. The van der Waals surface area contributed by atoms with E-state index < -0.39 is 23.7 Å². The summed E-state index contributed by atoms with van der Waals surface area (Å²) in [6.07, 6.45) is 9.48. The van der Waals surface area contributed by atoms with Gasteiger partial charge in [-0.15, -0.1) is 12.8 Å². The maximum absolute atomic E-state index is 13.4. The highest BCUT2D eigenvalue weighted by atomic mass is 19.3. The molecule has 58 heavy (non-hydrogen) atoms. The number of rotatable bonds is 8. The summed E-state index contributed by atoms with van der Waals surface area (Å²) < 4.78 is 53.8. The molecule has 0 bridgehead atoms. The zero-order valence-corrected chi connectivity index (χ0v) is 34.5. The number of carbonyl (C=O) groups excluding carboxylic acids is 2. The van der Waals surface area contributed by atoms with Gasteiger partial charge in [-0.25, -0.2) is 27.5 Å². The van der Waals surface area contributed by atoms with Gasteiger partial charge in [0, 0.05) is 43.1 Å². The molecule has 4 N–H and O–H groups in total. The Balaban J connectivity index is 0.000000675. The van der Waals surface area contributed by atoms with Crippen molar-refractivity contribution < 1.29 is 27.2 Å². The first-order valence-corrected chi connectivity index (χ1v) is 20.2. The summed E-state index contributed by atoms with van der Waals surface area (Å²) in [6.45, 7) is 13.4. The van der Waals surface area contributed by atoms with Gasteiger partial charge in [0.05, 0.1) is 36.0 Å². The van der Waals surface area contributed by atoms with Crippen LogP contribution in [0.15, 0.2) is 60.8 Å². The van der Waals surface area contributed by atoms with Crippen molar-refractivity contribution in [3.05, 3.63) is 72.4 Å². The third-order valence-corrected chi connectivity index (χ3v) is 9.68. The van der Waals surface area contributed by atoms with Gasteiger partial charge >= 0.3 is 0 Å². The Bertz CT molecular complexity index is 2100. The maximum Gasteiger partial charge on any atom is 0.248 e. The Morgan fingerprint density at radius 3 is 1.62 bits per heavy atom. The third-order valence-electron chi connectivity index (χ3n) is 9.68. The highest BCUT2D eigenvalue weighted by molar-refractivity contribution is 5.92. The lowest BCUT2D eigenvalue weighted by molar-refractivity contribution is -0.130. The van der Waals surface area contributed by atoms with Gasteiger partial charge in [0.2, 0.25) is 23.7 Å². The van der Waals surface area contributed by atoms with E-state index in [4.69, 9.17) is 0 Å². The fraction of sp³-hybridized carbons (Fsp3) is 0.478. The summed E-state index contributed by atoms with van der Waals surface area (Å²) in [6, 6.07) is 18.3. The lowest BCUT2D eigenvalue weighted by Gasteiger charge is -2.27. The minimum absolute atomic E-state index is 0.192. The van der Waals surface area contributed by atoms with Crippen LogP contribution in [-0.2, 0) is 22.7 Å². The number of aromatic nitrogens is 4. The number of hydrogen-bond acceptors (Lipinski definition) is 4. The molecule has 2 aromatic heterocycles. The van der Waals surface area contributed by atoms with Crippen LogP contribution < -0.4 is 10.6 Å². The first kappa shape index (κ1) is 45.5. The van der Waals surface area contributed by atoms with E-state index >= 15 is 0 Å². The number of nitrogens with zero attached hydrogens (tertiary/aromatic N) is 2. The number of terminal acetylenes is 1. The molecule has 312 valence electrons. The van der Waals surface area contributed by atoms with Crippen molar-refractivity contribution in [3.8, 4) is 35.2 Å². The van der Waals surface area contributed by atoms with Crippen molar-refractivity contribution >= 4 is 33.6 Å². The van der Waals surface area contributed by atoms with Crippen LogP contribution in [0.2, 0.25) is 0 Å². The molecule has 2 fully saturated rings. The first-order chi connectivity index (χ1) is 27.5. The fourth-order valence-corrected chi connectivity index (χ4v) is 6.75. The largest absolute Gasteiger partial charge is 0.349 e. The number of alkyl halides is 4. The lowest BCUT2D eigenvalue weighted by Crippen LogP contribution is -2.35. The molecule has 8 nitrogen and oxygen atoms in total. The molecule has 7 rings (SSSR count). The van der Waals surface area contributed by atoms with E-state index in [2.05, 4.69) is 103 Å². The van der Waals surface area contributed by atoms with Gasteiger partial charge in [-0.05, 0) is 83.7 Å². The van der Waals surface area contributed by atoms with E-state index in [1.807, 2.05) is 36.4 Å². The summed E-state index contributed by atoms with van der Waals surface area (Å²) in [5.74, 6) is -3.69. The molecule has 0 unspecified atom stereocenters. The summed E-state index contributed by atoms with van der Waals surface area (Å²) in [7, 11) is 0. The zero-order chi connectivity index (χ0) is 42.6. The van der Waals surface area contributed by atoms with Crippen molar-refractivity contribution in [1.82, 2.24) is 30.6 Å². The summed E-state index contributed by atoms with van der Waals surface area (Å²) in [5.41, 5.74) is 5.36. The second-order valence-electron chi connectivity index (χ2n) is 16.6. The molecule has 5 aromatic rings. The number of H-pyrrole nitrogens is 2. The van der Waals surface area contributed by atoms with Crippen molar-refractivity contribution in [3.63, 3.8) is 0 Å². The van der Waals surface area contributed by atoms with Crippen LogP contribution in [0.3, 0.4) is 0 Å². The monoisotopic (exact) mass is 802 g/mol. The number of hydrogen-bond donors (Lipinski definition) is 4. The average molecular weight is 803 g/mol. The van der Waals surface area contributed by atoms with Gasteiger partial charge in [0.25, 0.3) is 0 Å². The van der Waals surface area contributed by atoms with Crippen LogP contribution in [0.5, 0.6) is 0 Å². The van der Waals surface area contributed by atoms with Gasteiger partial charge in [-0.2, -0.15) is 0 Å². The van der Waals surface area contributed by atoms with E-state index in [9.17, 15) is 27.2 Å². The van der Waals surface area contributed by atoms with E-state index in [1.54, 1.807) is 6.20 Å². The van der Waals surface area contributed by atoms with Gasteiger partial charge in [-0.3, -0.25) is 9.59 Å². The number of carbonyl (C=O) groups is 2. The quantitative estimate of drug-likeness (QED) is 0.0923. The van der Waals surface area contributed by atoms with Gasteiger partial charge in [-0.1, -0.05) is 71.9 Å². The minimum Gasteiger partial charge on any atom is -0.349 e. The van der Waals surface area contributed by atoms with Gasteiger partial charge in [0.15, 0.2) is 0 Å². The predicted octanol–water partition coefficient (Wildman–Crippen LogP) is 11.2. The number of benzene rings is 3. The number of halogens is 4. The Kier molecular flexibility index (Phi) is 16.1. The van der Waals surface area contributed by atoms with Crippen LogP contribution in [0, 0.1) is 36.5 Å². The highest BCUT2D eigenvalue weighted by Gasteiger charge is 2.38. The molecule has 2 amide bonds. The van der Waals surface area contributed by atoms with Gasteiger partial charge in [0.1, 0.15) is 11.6 Å². The standard InChI is InChI=1S/C36H36F4N6O2.2C4H10.C2H2/c37-35(38)11-7-21(8-12-35)33(47)42-19-31-41-18-30(46-31)27-4-3-23-15-24(1-2-25(23)16-27)26-5-6-28-29(17-26)45-32(44-28)20-43-34(48)22-9-13-36(39,40)14-10-22;2*1-4(2)3;1-2/h1-6,15-18,21-22H,7-14,19-20H2,(H,41,46)(H,42,47)(H,43,48)(H,44,45);2*4H,1-3H3;1-2H. The zero-order valence-electron chi connectivity index (χ0n) is 34.5. The minimum atomic E-state index is -2.67. The Morgan fingerprint density at radius 2 is 1.10 bits per heavy atom. The third kappa shape index (κ3) is 13.5. The molecule has 0 spiro atoms. The average Bonchev–Trinajstić information content (AvgIpc) is 3.83. The van der Waals surface area contributed by atoms with E-state index in [-0.39, 0.29) is 76.3 Å². The topological polar surface area (TPSA) is 116 Å². The SMILES string of the molecule is C#C.CC(C)C.CC(C)C.O=C(NCc1ncc(-c2ccc3cc(-c4ccc5nc(CNC(=O)C6CCC(F)(F)CC6)[nH]c5c4)ccc3c2)[nH]1)C1CCC(F)(F)CC1. The normalized spacial score (nSPS) is 16.4. The van der Waals surface area contributed by atoms with E-state index in [0.29, 0.717) is 11.6 Å². The van der Waals surface area contributed by atoms with Crippen molar-refractivity contribution in [2.75, 3.05) is 0 Å². The summed E-state index contributed by atoms with van der Waals surface area (Å²) in [4.78, 5) is 40.5. The summed E-state index contributed by atoms with van der Waals surface area (Å²) >= 11 is 0. The van der Waals surface area contributed by atoms with Crippen LogP contribution in [-0.4, -0.2) is 43.6 Å². The number of fused-ring (bicyclic) bond motifs is 2. The smallest absolute Gasteiger partial charge is 0.248 e. The van der Waals surface area contributed by atoms with Crippen LogP contribution in [0.4, 0.5) is 17.6 Å². The lowest BCUT2D eigenvalue weighted by atomic mass is 9.86. The Morgan fingerprint density at radius 1 is 0.672 bits per heavy atom. The van der Waals surface area contributed by atoms with E-state index in [0.717, 1.165) is 56.0 Å². The molecule has 0 atom stereocenters. The van der Waals surface area contributed by atoms with Gasteiger partial charge < -0.3 is 20.6 Å². The second-order valence-corrected chi connectivity index (χ2v) is 16.6. The Labute approximate surface area is 339 Å². The molecule has 0 saturated heterocycles. The molecule has 0 radical (unpaired) electrons. The second kappa shape index (κ2) is 20.5. The molecule has 2 saturated carbocycles. The molecule has 0 aliphatic heterocycles. The number of aromatic amines is 2. The van der Waals surface area contributed by atoms with Crippen LogP contribution >= 0.6 is 0 Å². The molecule has 2 aliphatic carbocycles. The number of imidazole rings is 2. The summed E-state index contributed by atoms with van der Waals surface area (Å²) in [5, 5.41) is 7.76. The van der Waals surface area contributed by atoms with Crippen molar-refractivity contribution in [2.24, 2.45) is 23.7 Å². The van der Waals surface area contributed by atoms with Crippen LogP contribution in [0.25, 0.3) is 44.2 Å². The number of amides is 2. The van der Waals surface area contributed by atoms with E-state index in [1.165, 1.54) is 0 Å². The molecule has 2 heterocycles. The molecule has 2 aliphatic rings. The van der Waals surface area contributed by atoms with Crippen molar-refractivity contribution in [1.29, 1.82) is 0 Å². The maximum atomic E-state index is 13.4. The molecule has 3 aromatic carbocycles. The molecule has 12 heteroatoms. The van der Waals surface area contributed by atoms with Crippen LogP contribution in [0.1, 0.15) is 105 Å². The van der Waals surface area contributed by atoms with Crippen molar-refractivity contribution in [2.45, 2.75) is 118 Å².